The van der Waals surface area contributed by atoms with Gasteiger partial charge in [0, 0.05) is 5.92 Å². The van der Waals surface area contributed by atoms with Crippen molar-refractivity contribution in [1.82, 2.24) is 5.32 Å². The minimum atomic E-state index is -1.11. The second-order valence-electron chi connectivity index (χ2n) is 7.41. The van der Waals surface area contributed by atoms with Gasteiger partial charge in [-0.25, -0.2) is 9.59 Å². The SMILES string of the molecule is O=C(N[C@@H](C/C=C\c1ccccc1)C(=O)O)OCC1c2ccccc2-c2ccccc21. The van der Waals surface area contributed by atoms with E-state index in [-0.39, 0.29) is 18.9 Å². The Balaban J connectivity index is 1.38. The van der Waals surface area contributed by atoms with Crippen LogP contribution in [0, 0.1) is 0 Å². The number of nitrogens with one attached hydrogen (secondary N) is 1. The first-order valence-corrected chi connectivity index (χ1v) is 10.2. The lowest BCUT2D eigenvalue weighted by molar-refractivity contribution is -0.139. The van der Waals surface area contributed by atoms with Gasteiger partial charge in [0.1, 0.15) is 12.6 Å². The van der Waals surface area contributed by atoms with Crippen molar-refractivity contribution in [3.8, 4) is 11.1 Å². The van der Waals surface area contributed by atoms with E-state index in [9.17, 15) is 14.7 Å². The summed E-state index contributed by atoms with van der Waals surface area (Å²) in [5.74, 6) is -1.18. The highest BCUT2D eigenvalue weighted by Gasteiger charge is 2.29. The number of alkyl carbamates (subject to hydrolysis) is 1. The number of aliphatic carboxylic acids is 1. The Hall–Kier alpha value is -3.86. The molecule has 0 fully saturated rings. The highest BCUT2D eigenvalue weighted by atomic mass is 16.5. The first-order chi connectivity index (χ1) is 15.1. The number of hydrogen-bond acceptors (Lipinski definition) is 3. The second-order valence-corrected chi connectivity index (χ2v) is 7.41. The zero-order chi connectivity index (χ0) is 21.6. The zero-order valence-corrected chi connectivity index (χ0v) is 16.9. The van der Waals surface area contributed by atoms with Gasteiger partial charge in [0.25, 0.3) is 0 Å². The molecule has 2 N–H and O–H groups in total. The third kappa shape index (κ3) is 4.67. The lowest BCUT2D eigenvalue weighted by Gasteiger charge is -2.16. The summed E-state index contributed by atoms with van der Waals surface area (Å²) in [5, 5.41) is 11.9. The molecular weight excluding hydrogens is 390 g/mol. The summed E-state index contributed by atoms with van der Waals surface area (Å²) >= 11 is 0. The maximum atomic E-state index is 12.4. The molecule has 0 aromatic heterocycles. The molecule has 31 heavy (non-hydrogen) atoms. The van der Waals surface area contributed by atoms with E-state index in [2.05, 4.69) is 17.4 Å². The molecule has 3 aromatic rings. The highest BCUT2D eigenvalue weighted by Crippen LogP contribution is 2.44. The standard InChI is InChI=1S/C26H23NO4/c28-25(29)24(16-8-11-18-9-2-1-3-10-18)27-26(30)31-17-23-21-14-6-4-12-19(21)20-13-5-7-15-22(20)23/h1-15,23-24H,16-17H2,(H,27,30)(H,28,29)/b11-8-/t24-/m0/s1. The molecule has 0 aliphatic heterocycles. The van der Waals surface area contributed by atoms with Crippen molar-refractivity contribution in [2.24, 2.45) is 0 Å². The number of hydrogen-bond donors (Lipinski definition) is 2. The van der Waals surface area contributed by atoms with Crippen molar-refractivity contribution in [1.29, 1.82) is 0 Å². The average molecular weight is 413 g/mol. The number of amides is 1. The third-order valence-corrected chi connectivity index (χ3v) is 5.42. The molecule has 1 aliphatic rings. The average Bonchev–Trinajstić information content (AvgIpc) is 3.11. The van der Waals surface area contributed by atoms with Crippen molar-refractivity contribution in [2.45, 2.75) is 18.4 Å². The maximum absolute atomic E-state index is 12.4. The van der Waals surface area contributed by atoms with Crippen molar-refractivity contribution < 1.29 is 19.4 Å². The Morgan fingerprint density at radius 1 is 0.903 bits per heavy atom. The molecule has 0 bridgehead atoms. The molecule has 0 radical (unpaired) electrons. The molecule has 0 saturated heterocycles. The number of carbonyl (C=O) groups excluding carboxylic acids is 1. The lowest BCUT2D eigenvalue weighted by Crippen LogP contribution is -2.41. The summed E-state index contributed by atoms with van der Waals surface area (Å²) in [6.07, 6.45) is 2.99. The molecule has 5 heteroatoms. The van der Waals surface area contributed by atoms with Gasteiger partial charge in [-0.15, -0.1) is 0 Å². The predicted octanol–water partition coefficient (Wildman–Crippen LogP) is 5.08. The summed E-state index contributed by atoms with van der Waals surface area (Å²) < 4.78 is 5.45. The molecule has 0 heterocycles. The summed E-state index contributed by atoms with van der Waals surface area (Å²) in [4.78, 5) is 23.9. The molecule has 0 spiro atoms. The zero-order valence-electron chi connectivity index (χ0n) is 16.9. The van der Waals surface area contributed by atoms with Crippen molar-refractivity contribution >= 4 is 18.1 Å². The van der Waals surface area contributed by atoms with E-state index >= 15 is 0 Å². The van der Waals surface area contributed by atoms with Gasteiger partial charge in [0.2, 0.25) is 0 Å². The molecule has 3 aromatic carbocycles. The molecular formula is C26H23NO4. The molecule has 4 rings (SSSR count). The quantitative estimate of drug-likeness (QED) is 0.566. The van der Waals surface area contributed by atoms with Crippen molar-refractivity contribution in [3.05, 3.63) is 102 Å². The first-order valence-electron chi connectivity index (χ1n) is 10.2. The van der Waals surface area contributed by atoms with Gasteiger partial charge in [-0.2, -0.15) is 0 Å². The largest absolute Gasteiger partial charge is 0.480 e. The number of rotatable bonds is 7. The second kappa shape index (κ2) is 9.30. The fraction of sp³-hybridized carbons (Fsp3) is 0.154. The summed E-state index contributed by atoms with van der Waals surface area (Å²) in [6.45, 7) is 0.145. The van der Waals surface area contributed by atoms with E-state index in [1.165, 1.54) is 0 Å². The van der Waals surface area contributed by atoms with Crippen LogP contribution in [0.5, 0.6) is 0 Å². The van der Waals surface area contributed by atoms with Crippen LogP contribution in [-0.4, -0.2) is 29.8 Å². The van der Waals surface area contributed by atoms with Gasteiger partial charge in [0.15, 0.2) is 0 Å². The fourth-order valence-electron chi connectivity index (χ4n) is 3.91. The van der Waals surface area contributed by atoms with E-state index in [0.29, 0.717) is 0 Å². The molecule has 1 aliphatic carbocycles. The lowest BCUT2D eigenvalue weighted by atomic mass is 9.98. The van der Waals surface area contributed by atoms with E-state index in [1.807, 2.05) is 72.8 Å². The Labute approximate surface area is 181 Å². The van der Waals surface area contributed by atoms with E-state index in [0.717, 1.165) is 27.8 Å². The Kier molecular flexibility index (Phi) is 6.13. The van der Waals surface area contributed by atoms with Crippen LogP contribution in [0.3, 0.4) is 0 Å². The van der Waals surface area contributed by atoms with Crippen LogP contribution in [0.4, 0.5) is 4.79 Å². The first kappa shape index (κ1) is 20.4. The molecule has 156 valence electrons. The van der Waals surface area contributed by atoms with Crippen molar-refractivity contribution in [3.63, 3.8) is 0 Å². The fourth-order valence-corrected chi connectivity index (χ4v) is 3.91. The number of carbonyl (C=O) groups is 2. The number of fused-ring (bicyclic) bond motifs is 3. The molecule has 0 unspecified atom stereocenters. The van der Waals surface area contributed by atoms with Gasteiger partial charge in [-0.3, -0.25) is 0 Å². The molecule has 5 nitrogen and oxygen atoms in total. The van der Waals surface area contributed by atoms with E-state index in [4.69, 9.17) is 4.74 Å². The van der Waals surface area contributed by atoms with Crippen LogP contribution in [0.15, 0.2) is 84.9 Å². The summed E-state index contributed by atoms with van der Waals surface area (Å²) in [6, 6.07) is 24.6. The smallest absolute Gasteiger partial charge is 0.407 e. The molecule has 1 amide bonds. The number of ether oxygens (including phenoxy) is 1. The Morgan fingerprint density at radius 2 is 1.48 bits per heavy atom. The van der Waals surface area contributed by atoms with Crippen LogP contribution in [0.2, 0.25) is 0 Å². The molecule has 0 saturated carbocycles. The highest BCUT2D eigenvalue weighted by molar-refractivity contribution is 5.81. The maximum Gasteiger partial charge on any atom is 0.407 e. The van der Waals surface area contributed by atoms with Crippen LogP contribution < -0.4 is 5.32 Å². The Bertz CT molecular complexity index is 1060. The monoisotopic (exact) mass is 413 g/mol. The topological polar surface area (TPSA) is 75.6 Å². The van der Waals surface area contributed by atoms with Gasteiger partial charge >= 0.3 is 12.1 Å². The Morgan fingerprint density at radius 3 is 2.10 bits per heavy atom. The van der Waals surface area contributed by atoms with Crippen LogP contribution in [0.1, 0.15) is 29.0 Å². The number of benzene rings is 3. The van der Waals surface area contributed by atoms with Gasteiger partial charge < -0.3 is 15.2 Å². The van der Waals surface area contributed by atoms with E-state index in [1.54, 1.807) is 6.08 Å². The number of carboxylic acid groups (broad SMARTS) is 1. The minimum Gasteiger partial charge on any atom is -0.480 e. The van der Waals surface area contributed by atoms with Crippen molar-refractivity contribution in [2.75, 3.05) is 6.61 Å². The van der Waals surface area contributed by atoms with Crippen LogP contribution in [0.25, 0.3) is 17.2 Å². The van der Waals surface area contributed by atoms with E-state index < -0.39 is 18.1 Å². The summed E-state index contributed by atoms with van der Waals surface area (Å²) in [7, 11) is 0. The predicted molar refractivity (Wildman–Crippen MR) is 120 cm³/mol. The summed E-state index contributed by atoms with van der Waals surface area (Å²) in [5.41, 5.74) is 5.46. The minimum absolute atomic E-state index is 0.0700. The molecule has 1 atom stereocenters. The van der Waals surface area contributed by atoms with Gasteiger partial charge in [-0.05, 0) is 34.2 Å². The third-order valence-electron chi connectivity index (χ3n) is 5.42. The van der Waals surface area contributed by atoms with Gasteiger partial charge in [-0.1, -0.05) is 91.0 Å². The normalized spacial score (nSPS) is 13.4. The van der Waals surface area contributed by atoms with Crippen LogP contribution >= 0.6 is 0 Å². The van der Waals surface area contributed by atoms with Gasteiger partial charge in [0.05, 0.1) is 0 Å². The number of carboxylic acids is 1. The van der Waals surface area contributed by atoms with Crippen LogP contribution in [-0.2, 0) is 9.53 Å².